The smallest absolute Gasteiger partial charge is 0.347 e. The summed E-state index contributed by atoms with van der Waals surface area (Å²) in [6, 6.07) is 12.5. The summed E-state index contributed by atoms with van der Waals surface area (Å²) < 4.78 is 15.8. The first-order valence-electron chi connectivity index (χ1n) is 16.6. The molecule has 0 unspecified atom stereocenters. The largest absolute Gasteiger partial charge is 0.507 e. The Morgan fingerprint density at radius 1 is 0.962 bits per heavy atom. The van der Waals surface area contributed by atoms with E-state index in [2.05, 4.69) is 20.9 Å². The van der Waals surface area contributed by atoms with Gasteiger partial charge in [0.05, 0.1) is 43.3 Å². The fourth-order valence-corrected chi connectivity index (χ4v) is 9.64. The van der Waals surface area contributed by atoms with Crippen LogP contribution in [0.3, 0.4) is 0 Å². The van der Waals surface area contributed by atoms with Crippen molar-refractivity contribution in [3.8, 4) is 17.2 Å². The molecule has 274 valence electrons. The predicted molar refractivity (Wildman–Crippen MR) is 200 cm³/mol. The Morgan fingerprint density at radius 3 is 2.36 bits per heavy atom. The molecule has 14 nitrogen and oxygen atoms in total. The number of hydrogen-bond acceptors (Lipinski definition) is 9. The first-order valence-corrected chi connectivity index (χ1v) is 18.4. The molecule has 0 spiro atoms. The Labute approximate surface area is 318 Å². The number of methoxy groups -OCH3 is 2. The molecule has 0 bridgehead atoms. The number of rotatable bonds is 7. The average molecular weight is 826 g/mol. The van der Waals surface area contributed by atoms with E-state index in [-0.39, 0.29) is 42.8 Å². The number of aromatic nitrogens is 5. The average Bonchev–Trinajstić information content (AvgIpc) is 3.49. The number of benzene rings is 3. The molecular weight excluding hydrogens is 795 g/mol. The molecule has 2 fully saturated rings. The maximum Gasteiger partial charge on any atom is 0.347 e. The van der Waals surface area contributed by atoms with Crippen molar-refractivity contribution in [2.75, 3.05) is 19.7 Å². The summed E-state index contributed by atoms with van der Waals surface area (Å²) in [5, 5.41) is 11.8. The van der Waals surface area contributed by atoms with Crippen LogP contribution in [-0.2, 0) is 36.1 Å². The van der Waals surface area contributed by atoms with Gasteiger partial charge in [0, 0.05) is 49.9 Å². The minimum absolute atomic E-state index is 0.00253. The van der Waals surface area contributed by atoms with Crippen LogP contribution < -0.4 is 26.4 Å². The highest BCUT2D eigenvalue weighted by Crippen LogP contribution is 2.64. The van der Waals surface area contributed by atoms with Crippen LogP contribution in [-0.4, -0.2) is 74.7 Å². The standard InChI is InChI=1S/C36H31BrCl2N6O8/c1-41-24-15-28(53-3)27(52-2)14-23(24)40-22(30(41)47)11-12-42-33(50)44-13-10-21-25(45(44)34(42)51)16-35(38)31(48)43(17-37)32(49)36(35,39)29(21)20-8-9-26(46)19-7-5-4-6-18(19)20/h4-10,14-15,25,29,46H,11-13,16-17H2,1-3H3/t25-,29+,35-,36+/m1/s1. The quantitative estimate of drug-likeness (QED) is 0.112. The number of carbonyl (C=O) groups is 2. The highest BCUT2D eigenvalue weighted by molar-refractivity contribution is 9.09. The van der Waals surface area contributed by atoms with Gasteiger partial charge in [-0.2, -0.15) is 0 Å². The van der Waals surface area contributed by atoms with Crippen molar-refractivity contribution in [1.82, 2.24) is 28.4 Å². The van der Waals surface area contributed by atoms with Gasteiger partial charge in [-0.05, 0) is 22.6 Å². The van der Waals surface area contributed by atoms with Crippen LogP contribution in [0, 0.1) is 0 Å². The lowest BCUT2D eigenvalue weighted by Gasteiger charge is -2.49. The number of ether oxygens (including phenoxy) is 2. The maximum atomic E-state index is 14.3. The summed E-state index contributed by atoms with van der Waals surface area (Å²) in [7, 11) is 4.57. The molecule has 17 heteroatoms. The summed E-state index contributed by atoms with van der Waals surface area (Å²) in [5.41, 5.74) is 0.219. The monoisotopic (exact) mass is 824 g/mol. The van der Waals surface area contributed by atoms with Crippen LogP contribution in [0.2, 0.25) is 0 Å². The van der Waals surface area contributed by atoms with Gasteiger partial charge in [-0.15, -0.1) is 23.2 Å². The third kappa shape index (κ3) is 4.69. The van der Waals surface area contributed by atoms with Crippen LogP contribution in [0.1, 0.15) is 29.6 Å². The number of amides is 2. The summed E-state index contributed by atoms with van der Waals surface area (Å²) in [6.07, 6.45) is 1.42. The van der Waals surface area contributed by atoms with E-state index in [0.29, 0.717) is 44.4 Å². The first kappa shape index (κ1) is 35.2. The Bertz CT molecular complexity index is 2650. The molecule has 2 aliphatic heterocycles. The summed E-state index contributed by atoms with van der Waals surface area (Å²) in [4.78, 5) is 71.3. The molecule has 0 radical (unpaired) electrons. The number of fused-ring (bicyclic) bond motifs is 6. The van der Waals surface area contributed by atoms with Crippen LogP contribution in [0.4, 0.5) is 0 Å². The molecule has 4 heterocycles. The number of halogens is 3. The van der Waals surface area contributed by atoms with Gasteiger partial charge in [-0.1, -0.05) is 52.3 Å². The summed E-state index contributed by atoms with van der Waals surface area (Å²) in [5.74, 6) is -1.64. The van der Waals surface area contributed by atoms with E-state index in [9.17, 15) is 29.1 Å². The lowest BCUT2D eigenvalue weighted by atomic mass is 9.63. The Hall–Kier alpha value is -4.86. The van der Waals surface area contributed by atoms with E-state index >= 15 is 0 Å². The van der Waals surface area contributed by atoms with Crippen LogP contribution in [0.25, 0.3) is 21.8 Å². The Morgan fingerprint density at radius 2 is 1.66 bits per heavy atom. The topological polar surface area (TPSA) is 160 Å². The Balaban J connectivity index is 1.24. The highest BCUT2D eigenvalue weighted by atomic mass is 79.9. The molecule has 8 rings (SSSR count). The van der Waals surface area contributed by atoms with Gasteiger partial charge >= 0.3 is 11.4 Å². The third-order valence-electron chi connectivity index (χ3n) is 10.8. The fourth-order valence-electron chi connectivity index (χ4n) is 8.25. The van der Waals surface area contributed by atoms with E-state index < -0.39 is 50.5 Å². The number of phenolic OH excluding ortho intramolecular Hbond substituents is 1. The number of carbonyl (C=O) groups excluding carboxylic acids is 2. The van der Waals surface area contributed by atoms with Gasteiger partial charge < -0.3 is 19.1 Å². The van der Waals surface area contributed by atoms with E-state index in [4.69, 9.17) is 32.7 Å². The number of aromatic hydroxyl groups is 1. The van der Waals surface area contributed by atoms with Crippen molar-refractivity contribution in [3.05, 3.63) is 103 Å². The maximum absolute atomic E-state index is 14.3. The van der Waals surface area contributed by atoms with Crippen LogP contribution in [0.15, 0.2) is 74.6 Å². The molecular formula is C36H31BrCl2N6O8. The van der Waals surface area contributed by atoms with Gasteiger partial charge in [0.25, 0.3) is 17.4 Å². The van der Waals surface area contributed by atoms with Gasteiger partial charge in [0.15, 0.2) is 21.2 Å². The van der Waals surface area contributed by atoms with Gasteiger partial charge in [-0.25, -0.2) is 28.5 Å². The van der Waals surface area contributed by atoms with Gasteiger partial charge in [0.2, 0.25) is 0 Å². The molecule has 3 aromatic carbocycles. The molecule has 1 N–H and O–H groups in total. The minimum Gasteiger partial charge on any atom is -0.507 e. The molecule has 1 aliphatic carbocycles. The number of allylic oxidation sites excluding steroid dienone is 2. The van der Waals surface area contributed by atoms with Crippen molar-refractivity contribution in [3.63, 3.8) is 0 Å². The second kappa shape index (κ2) is 12.4. The predicted octanol–water partition coefficient (Wildman–Crippen LogP) is 3.52. The molecule has 4 atom stereocenters. The molecule has 3 aliphatic rings. The van der Waals surface area contributed by atoms with Crippen molar-refractivity contribution in [2.45, 2.75) is 47.6 Å². The van der Waals surface area contributed by atoms with Crippen molar-refractivity contribution < 1.29 is 24.2 Å². The number of aryl methyl sites for hydroxylation is 2. The third-order valence-corrected chi connectivity index (χ3v) is 12.7. The molecule has 5 aromatic rings. The summed E-state index contributed by atoms with van der Waals surface area (Å²) >= 11 is 18.0. The van der Waals surface area contributed by atoms with Crippen LogP contribution in [0.5, 0.6) is 17.2 Å². The van der Waals surface area contributed by atoms with Crippen molar-refractivity contribution >= 4 is 72.8 Å². The van der Waals surface area contributed by atoms with E-state index in [1.807, 2.05) is 0 Å². The molecule has 2 amide bonds. The van der Waals surface area contributed by atoms with E-state index in [1.165, 1.54) is 34.2 Å². The fraction of sp³-hybridized carbons (Fsp3) is 0.333. The molecule has 53 heavy (non-hydrogen) atoms. The first-order chi connectivity index (χ1) is 25.3. The van der Waals surface area contributed by atoms with Crippen molar-refractivity contribution in [1.29, 1.82) is 0 Å². The number of imide groups is 1. The van der Waals surface area contributed by atoms with E-state index in [0.717, 1.165) is 9.47 Å². The van der Waals surface area contributed by atoms with Gasteiger partial charge in [-0.3, -0.25) is 19.3 Å². The highest BCUT2D eigenvalue weighted by Gasteiger charge is 2.75. The van der Waals surface area contributed by atoms with Gasteiger partial charge in [0.1, 0.15) is 11.4 Å². The number of nitrogens with zero attached hydrogens (tertiary/aromatic N) is 6. The molecule has 1 saturated heterocycles. The lowest BCUT2D eigenvalue weighted by molar-refractivity contribution is -0.138. The van der Waals surface area contributed by atoms with E-state index in [1.54, 1.807) is 55.6 Å². The number of likely N-dealkylation sites (tertiary alicyclic amines) is 1. The Kier molecular flexibility index (Phi) is 8.20. The number of alkyl halides is 3. The zero-order valence-electron chi connectivity index (χ0n) is 28.5. The lowest BCUT2D eigenvalue weighted by Crippen LogP contribution is -2.59. The molecule has 1 saturated carbocycles. The van der Waals surface area contributed by atoms with Crippen LogP contribution >= 0.6 is 39.1 Å². The minimum atomic E-state index is -2.03. The second-order valence-corrected chi connectivity index (χ2v) is 15.0. The number of hydrogen-bond donors (Lipinski definition) is 1. The summed E-state index contributed by atoms with van der Waals surface area (Å²) in [6.45, 7) is -0.233. The van der Waals surface area contributed by atoms with Crippen molar-refractivity contribution in [2.24, 2.45) is 7.05 Å². The zero-order valence-corrected chi connectivity index (χ0v) is 31.6. The second-order valence-electron chi connectivity index (χ2n) is 13.3. The number of phenols is 1. The zero-order chi connectivity index (χ0) is 37.7. The molecule has 2 aromatic heterocycles. The SMILES string of the molecule is COc1cc2nc(CCn3c(=O)n4n(c3=O)[C@@H]3C[C@@]5(Cl)C(=O)N(CBr)C(=O)[C@@]5(Cl)[C@@H](c5ccc(O)c6ccccc56)C3=CC4)c(=O)n(C)c2cc1OC. The normalized spacial score (nSPS) is 23.6.